The lowest BCUT2D eigenvalue weighted by Gasteiger charge is -2.36. The van der Waals surface area contributed by atoms with Gasteiger partial charge in [0.1, 0.15) is 17.6 Å². The van der Waals surface area contributed by atoms with Crippen molar-refractivity contribution in [2.75, 3.05) is 33.4 Å². The summed E-state index contributed by atoms with van der Waals surface area (Å²) in [6.07, 6.45) is 6.06. The third kappa shape index (κ3) is 5.45. The van der Waals surface area contributed by atoms with Gasteiger partial charge in [0.2, 0.25) is 5.91 Å². The summed E-state index contributed by atoms with van der Waals surface area (Å²) in [7, 11) is 1.59. The van der Waals surface area contributed by atoms with E-state index in [1.165, 1.54) is 0 Å². The number of aliphatic hydroxyl groups excluding tert-OH is 1. The summed E-state index contributed by atoms with van der Waals surface area (Å²) in [4.78, 5) is 28.9. The van der Waals surface area contributed by atoms with Crippen molar-refractivity contribution in [1.29, 1.82) is 0 Å². The van der Waals surface area contributed by atoms with Gasteiger partial charge in [0, 0.05) is 52.0 Å². The van der Waals surface area contributed by atoms with E-state index in [-0.39, 0.29) is 30.6 Å². The lowest BCUT2D eigenvalue weighted by atomic mass is 9.96. The molecule has 0 bridgehead atoms. The van der Waals surface area contributed by atoms with Crippen LogP contribution in [0.3, 0.4) is 0 Å². The molecule has 2 fully saturated rings. The topological polar surface area (TPSA) is 79.3 Å². The van der Waals surface area contributed by atoms with Crippen LogP contribution in [0.15, 0.2) is 18.2 Å². The molecule has 2 heterocycles. The minimum absolute atomic E-state index is 0.0212. The largest absolute Gasteiger partial charge is 0.497 e. The molecular formula is C23H34N2O5. The van der Waals surface area contributed by atoms with Crippen molar-refractivity contribution in [3.05, 3.63) is 23.8 Å². The Hall–Kier alpha value is -2.28. The van der Waals surface area contributed by atoms with E-state index in [1.807, 2.05) is 21.9 Å². The smallest absolute Gasteiger partial charge is 0.258 e. The fraction of sp³-hybridized carbons (Fsp3) is 0.652. The second kappa shape index (κ2) is 10.7. The van der Waals surface area contributed by atoms with Gasteiger partial charge in [-0.25, -0.2) is 0 Å². The summed E-state index contributed by atoms with van der Waals surface area (Å²) in [6, 6.07) is 5.54. The highest BCUT2D eigenvalue weighted by Crippen LogP contribution is 2.31. The number of rotatable bonds is 7. The third-order valence-electron chi connectivity index (χ3n) is 6.18. The maximum absolute atomic E-state index is 13.5. The van der Waals surface area contributed by atoms with Crippen LogP contribution in [-0.4, -0.2) is 72.2 Å². The molecule has 1 aromatic rings. The third-order valence-corrected chi connectivity index (χ3v) is 6.18. The first-order chi connectivity index (χ1) is 14.5. The minimum Gasteiger partial charge on any atom is -0.497 e. The van der Waals surface area contributed by atoms with E-state index in [1.54, 1.807) is 20.1 Å². The second-order valence-corrected chi connectivity index (χ2v) is 8.20. The van der Waals surface area contributed by atoms with Gasteiger partial charge in [-0.2, -0.15) is 0 Å². The van der Waals surface area contributed by atoms with E-state index in [9.17, 15) is 14.7 Å². The number of likely N-dealkylation sites (tertiary alicyclic amines) is 2. The van der Waals surface area contributed by atoms with Crippen LogP contribution in [0.4, 0.5) is 0 Å². The van der Waals surface area contributed by atoms with Crippen molar-refractivity contribution < 1.29 is 24.2 Å². The van der Waals surface area contributed by atoms with Gasteiger partial charge in [0.15, 0.2) is 0 Å². The van der Waals surface area contributed by atoms with Crippen LogP contribution in [0.5, 0.6) is 11.5 Å². The molecule has 1 atom stereocenters. The molecule has 2 saturated heterocycles. The van der Waals surface area contributed by atoms with Crippen molar-refractivity contribution in [3.63, 3.8) is 0 Å². The Balaban J connectivity index is 1.77. The van der Waals surface area contributed by atoms with E-state index >= 15 is 0 Å². The summed E-state index contributed by atoms with van der Waals surface area (Å²) in [5.74, 6) is 1.26. The first kappa shape index (κ1) is 22.4. The maximum Gasteiger partial charge on any atom is 0.258 e. The molecule has 2 aliphatic heterocycles. The number of aliphatic hydroxyl groups is 1. The SMILES string of the molecule is COc1ccc(OC2CCN(C(C)=O)CC2)c(C(=O)N2CCCC[C@@H]2CCCO)c1. The van der Waals surface area contributed by atoms with Gasteiger partial charge in [0.25, 0.3) is 5.91 Å². The Morgan fingerprint density at radius 3 is 2.57 bits per heavy atom. The summed E-state index contributed by atoms with van der Waals surface area (Å²) >= 11 is 0. The van der Waals surface area contributed by atoms with Gasteiger partial charge in [0.05, 0.1) is 12.7 Å². The van der Waals surface area contributed by atoms with E-state index in [2.05, 4.69) is 0 Å². The summed E-state index contributed by atoms with van der Waals surface area (Å²) in [6.45, 7) is 3.81. The lowest BCUT2D eigenvalue weighted by molar-refractivity contribution is -0.130. The molecule has 7 heteroatoms. The highest BCUT2D eigenvalue weighted by atomic mass is 16.5. The molecule has 2 amide bonds. The van der Waals surface area contributed by atoms with E-state index in [0.29, 0.717) is 36.6 Å². The Morgan fingerprint density at radius 2 is 1.90 bits per heavy atom. The summed E-state index contributed by atoms with van der Waals surface area (Å²) < 4.78 is 11.6. The quantitative estimate of drug-likeness (QED) is 0.737. The number of hydrogen-bond donors (Lipinski definition) is 1. The highest BCUT2D eigenvalue weighted by Gasteiger charge is 2.30. The molecule has 0 spiro atoms. The van der Waals surface area contributed by atoms with Crippen molar-refractivity contribution in [2.24, 2.45) is 0 Å². The van der Waals surface area contributed by atoms with Crippen molar-refractivity contribution in [2.45, 2.75) is 64.0 Å². The van der Waals surface area contributed by atoms with Crippen LogP contribution in [0, 0.1) is 0 Å². The molecule has 0 aliphatic carbocycles. The van der Waals surface area contributed by atoms with Crippen molar-refractivity contribution >= 4 is 11.8 Å². The predicted octanol–water partition coefficient (Wildman–Crippen LogP) is 2.85. The highest BCUT2D eigenvalue weighted by molar-refractivity contribution is 5.97. The summed E-state index contributed by atoms with van der Waals surface area (Å²) in [5.41, 5.74) is 0.527. The average molecular weight is 419 g/mol. The van der Waals surface area contributed by atoms with Gasteiger partial charge >= 0.3 is 0 Å². The van der Waals surface area contributed by atoms with Crippen molar-refractivity contribution in [3.8, 4) is 11.5 Å². The Bertz CT molecular complexity index is 730. The standard InChI is InChI=1S/C23H34N2O5/c1-17(27)24-13-10-19(11-14-24)30-22-9-8-20(29-2)16-21(22)23(28)25-12-4-3-6-18(25)7-5-15-26/h8-9,16,18-19,26H,3-7,10-15H2,1-2H3/t18-/m1/s1. The van der Waals surface area contributed by atoms with Crippen LogP contribution >= 0.6 is 0 Å². The van der Waals surface area contributed by atoms with Crippen LogP contribution in [-0.2, 0) is 4.79 Å². The molecular weight excluding hydrogens is 384 g/mol. The molecule has 0 saturated carbocycles. The molecule has 1 aromatic carbocycles. The second-order valence-electron chi connectivity index (χ2n) is 8.20. The Morgan fingerprint density at radius 1 is 1.13 bits per heavy atom. The Labute approximate surface area is 178 Å². The molecule has 0 unspecified atom stereocenters. The number of ether oxygens (including phenoxy) is 2. The fourth-order valence-corrected chi connectivity index (χ4v) is 4.42. The van der Waals surface area contributed by atoms with Crippen LogP contribution < -0.4 is 9.47 Å². The average Bonchev–Trinajstić information content (AvgIpc) is 2.78. The number of carbonyl (C=O) groups excluding carboxylic acids is 2. The molecule has 3 rings (SSSR count). The molecule has 166 valence electrons. The predicted molar refractivity (Wildman–Crippen MR) is 114 cm³/mol. The minimum atomic E-state index is -0.0345. The zero-order chi connectivity index (χ0) is 21.5. The lowest BCUT2D eigenvalue weighted by Crippen LogP contribution is -2.44. The van der Waals surface area contributed by atoms with Crippen molar-refractivity contribution in [1.82, 2.24) is 9.80 Å². The van der Waals surface area contributed by atoms with Gasteiger partial charge in [-0.05, 0) is 50.3 Å². The van der Waals surface area contributed by atoms with Gasteiger partial charge in [-0.3, -0.25) is 9.59 Å². The number of hydrogen-bond acceptors (Lipinski definition) is 5. The fourth-order valence-electron chi connectivity index (χ4n) is 4.42. The number of methoxy groups -OCH3 is 1. The van der Waals surface area contributed by atoms with Gasteiger partial charge in [-0.15, -0.1) is 0 Å². The zero-order valence-corrected chi connectivity index (χ0v) is 18.1. The number of nitrogens with zero attached hydrogens (tertiary/aromatic N) is 2. The monoisotopic (exact) mass is 418 g/mol. The molecule has 0 radical (unpaired) electrons. The molecule has 2 aliphatic rings. The molecule has 1 N–H and O–H groups in total. The first-order valence-corrected chi connectivity index (χ1v) is 11.1. The van der Waals surface area contributed by atoms with Crippen LogP contribution in [0.1, 0.15) is 62.2 Å². The molecule has 7 nitrogen and oxygen atoms in total. The normalized spacial score (nSPS) is 20.2. The van der Waals surface area contributed by atoms with Crippen LogP contribution in [0.2, 0.25) is 0 Å². The molecule has 30 heavy (non-hydrogen) atoms. The Kier molecular flexibility index (Phi) is 7.96. The number of carbonyl (C=O) groups is 2. The first-order valence-electron chi connectivity index (χ1n) is 11.1. The van der Waals surface area contributed by atoms with Gasteiger partial charge < -0.3 is 24.4 Å². The zero-order valence-electron chi connectivity index (χ0n) is 18.1. The number of benzene rings is 1. The van der Waals surface area contributed by atoms with Gasteiger partial charge in [-0.1, -0.05) is 0 Å². The van der Waals surface area contributed by atoms with E-state index < -0.39 is 0 Å². The number of amides is 2. The maximum atomic E-state index is 13.5. The number of piperidine rings is 2. The van der Waals surface area contributed by atoms with Crippen LogP contribution in [0.25, 0.3) is 0 Å². The molecule has 0 aromatic heterocycles. The van der Waals surface area contributed by atoms with E-state index in [4.69, 9.17) is 9.47 Å². The summed E-state index contributed by atoms with van der Waals surface area (Å²) in [5, 5.41) is 9.22. The van der Waals surface area contributed by atoms with E-state index in [0.717, 1.165) is 45.1 Å².